The van der Waals surface area contributed by atoms with Crippen LogP contribution < -0.4 is 0 Å². The molecule has 7 heteroatoms. The number of nitrogens with zero attached hydrogens (tertiary/aromatic N) is 2. The van der Waals surface area contributed by atoms with Gasteiger partial charge in [-0.2, -0.15) is 0 Å². The van der Waals surface area contributed by atoms with Gasteiger partial charge in [0.2, 0.25) is 0 Å². The number of amidine groups is 1. The molecule has 0 aliphatic carbocycles. The van der Waals surface area contributed by atoms with E-state index in [1.165, 1.54) is 0 Å². The van der Waals surface area contributed by atoms with Crippen LogP contribution in [0.2, 0.25) is 0 Å². The maximum atomic E-state index is 6.61. The summed E-state index contributed by atoms with van der Waals surface area (Å²) in [4.78, 5) is 7.03. The molecule has 5 rings (SSSR count). The molecule has 0 spiro atoms. The molecule has 2 aliphatic rings. The second-order valence-corrected chi connectivity index (χ2v) is 10.5. The van der Waals surface area contributed by atoms with Gasteiger partial charge in [0, 0.05) is 14.1 Å². The van der Waals surface area contributed by atoms with Crippen LogP contribution in [0, 0.1) is 0 Å². The zero-order valence-electron chi connectivity index (χ0n) is 21.3. The van der Waals surface area contributed by atoms with Gasteiger partial charge in [0.05, 0.1) is 26.4 Å². The molecule has 3 aromatic rings. The first-order valence-electron chi connectivity index (χ1n) is 12.7. The van der Waals surface area contributed by atoms with Crippen LogP contribution in [0.1, 0.15) is 16.7 Å². The summed E-state index contributed by atoms with van der Waals surface area (Å²) in [5.41, 5.74) is 3.20. The van der Waals surface area contributed by atoms with Gasteiger partial charge >= 0.3 is 0 Å². The van der Waals surface area contributed by atoms with Crippen LogP contribution in [0.4, 0.5) is 0 Å². The summed E-state index contributed by atoms with van der Waals surface area (Å²) in [5.74, 6) is 0. The zero-order valence-corrected chi connectivity index (χ0v) is 22.1. The fourth-order valence-electron chi connectivity index (χ4n) is 4.54. The molecular weight excluding hydrogens is 484 g/mol. The minimum absolute atomic E-state index is 0.153. The number of ether oxygens (including phenoxy) is 4. The van der Waals surface area contributed by atoms with Gasteiger partial charge < -0.3 is 23.8 Å². The quantitative estimate of drug-likeness (QED) is 0.371. The van der Waals surface area contributed by atoms with Crippen LogP contribution in [-0.2, 0) is 38.8 Å². The lowest BCUT2D eigenvalue weighted by atomic mass is 9.97. The molecule has 0 radical (unpaired) electrons. The summed E-state index contributed by atoms with van der Waals surface area (Å²) < 4.78 is 25.9. The fraction of sp³-hybridized carbons (Fsp3) is 0.367. The standard InChI is InChI=1S/C30H34N2O4S/c1-32(2)30-31-26-28(35-20-24-16-10-5-11-17-24)27(34-19-23-14-8-4-9-15-23)25(36-29(26)37-30)21-33-18-22-12-6-3-7-13-22/h3-17,25-29H,18-21H2,1-2H3/t25-,26-,27-,28-,29-/m1/s1. The average Bonchev–Trinajstić information content (AvgIpc) is 3.37. The lowest BCUT2D eigenvalue weighted by molar-refractivity contribution is -0.210. The lowest BCUT2D eigenvalue weighted by Crippen LogP contribution is -2.58. The van der Waals surface area contributed by atoms with Crippen LogP contribution in [0.3, 0.4) is 0 Å². The third-order valence-electron chi connectivity index (χ3n) is 6.44. The van der Waals surface area contributed by atoms with Crippen molar-refractivity contribution < 1.29 is 18.9 Å². The van der Waals surface area contributed by atoms with E-state index < -0.39 is 0 Å². The van der Waals surface area contributed by atoms with Crippen molar-refractivity contribution >= 4 is 16.9 Å². The van der Waals surface area contributed by atoms with E-state index in [0.29, 0.717) is 26.4 Å². The lowest BCUT2D eigenvalue weighted by Gasteiger charge is -2.42. The Labute approximate surface area is 223 Å². The van der Waals surface area contributed by atoms with E-state index in [2.05, 4.69) is 36.4 Å². The van der Waals surface area contributed by atoms with E-state index in [1.54, 1.807) is 11.8 Å². The molecule has 6 nitrogen and oxygen atoms in total. The first-order chi connectivity index (χ1) is 18.2. The summed E-state index contributed by atoms with van der Waals surface area (Å²) in [6.07, 6.45) is -0.914. The van der Waals surface area contributed by atoms with Gasteiger partial charge in [-0.15, -0.1) is 0 Å². The predicted molar refractivity (Wildman–Crippen MR) is 147 cm³/mol. The molecule has 3 aromatic carbocycles. The Bertz CT molecular complexity index is 1130. The summed E-state index contributed by atoms with van der Waals surface area (Å²) in [6.45, 7) is 1.86. The summed E-state index contributed by atoms with van der Waals surface area (Å²) >= 11 is 1.64. The van der Waals surface area contributed by atoms with Gasteiger partial charge in [-0.3, -0.25) is 4.99 Å². The van der Waals surface area contributed by atoms with E-state index in [-0.39, 0.29) is 29.8 Å². The molecule has 0 saturated carbocycles. The molecule has 37 heavy (non-hydrogen) atoms. The summed E-state index contributed by atoms with van der Waals surface area (Å²) in [6, 6.07) is 30.5. The topological polar surface area (TPSA) is 52.5 Å². The number of hydrogen-bond acceptors (Lipinski definition) is 7. The second-order valence-electron chi connectivity index (χ2n) is 9.48. The first-order valence-corrected chi connectivity index (χ1v) is 13.6. The van der Waals surface area contributed by atoms with Gasteiger partial charge in [0.15, 0.2) is 5.17 Å². The van der Waals surface area contributed by atoms with Crippen molar-refractivity contribution in [2.24, 2.45) is 4.99 Å². The van der Waals surface area contributed by atoms with Crippen molar-refractivity contribution in [3.8, 4) is 0 Å². The maximum Gasteiger partial charge on any atom is 0.161 e. The van der Waals surface area contributed by atoms with Crippen molar-refractivity contribution in [1.29, 1.82) is 0 Å². The number of hydrogen-bond donors (Lipinski definition) is 0. The van der Waals surface area contributed by atoms with Crippen LogP contribution in [0.5, 0.6) is 0 Å². The van der Waals surface area contributed by atoms with Gasteiger partial charge in [0.1, 0.15) is 29.8 Å². The van der Waals surface area contributed by atoms with E-state index in [4.69, 9.17) is 23.9 Å². The highest BCUT2D eigenvalue weighted by Crippen LogP contribution is 2.40. The molecule has 2 heterocycles. The number of aliphatic imine (C=N–C) groups is 1. The van der Waals surface area contributed by atoms with Crippen molar-refractivity contribution in [1.82, 2.24) is 4.90 Å². The van der Waals surface area contributed by atoms with Gasteiger partial charge in [0.25, 0.3) is 0 Å². The number of fused-ring (bicyclic) bond motifs is 1. The van der Waals surface area contributed by atoms with Crippen LogP contribution in [0.15, 0.2) is 96.0 Å². The Kier molecular flexibility index (Phi) is 8.92. The fourth-order valence-corrected chi connectivity index (χ4v) is 5.69. The van der Waals surface area contributed by atoms with Crippen LogP contribution in [0.25, 0.3) is 0 Å². The van der Waals surface area contributed by atoms with Crippen LogP contribution in [-0.4, -0.2) is 60.6 Å². The van der Waals surface area contributed by atoms with Crippen molar-refractivity contribution in [3.63, 3.8) is 0 Å². The van der Waals surface area contributed by atoms with Gasteiger partial charge in [-0.05, 0) is 16.7 Å². The molecule has 5 atom stereocenters. The Morgan fingerprint density at radius 2 is 1.24 bits per heavy atom. The molecule has 1 saturated heterocycles. The molecule has 194 valence electrons. The van der Waals surface area contributed by atoms with Crippen molar-refractivity contribution in [3.05, 3.63) is 108 Å². The minimum Gasteiger partial charge on any atom is -0.374 e. The highest BCUT2D eigenvalue weighted by Gasteiger charge is 2.51. The highest BCUT2D eigenvalue weighted by atomic mass is 32.2. The molecule has 0 bridgehead atoms. The molecule has 0 aromatic heterocycles. The Balaban J connectivity index is 1.37. The Morgan fingerprint density at radius 3 is 1.78 bits per heavy atom. The van der Waals surface area contributed by atoms with Gasteiger partial charge in [-0.25, -0.2) is 0 Å². The molecule has 2 aliphatic heterocycles. The van der Waals surface area contributed by atoms with Crippen molar-refractivity contribution in [2.75, 3.05) is 20.7 Å². The van der Waals surface area contributed by atoms with E-state index >= 15 is 0 Å². The SMILES string of the molecule is CN(C)C1=N[C@@H]2[C@@H](OCc3ccccc3)[C@H](OCc3ccccc3)[C@@H](COCc3ccccc3)O[C@@H]2S1. The summed E-state index contributed by atoms with van der Waals surface area (Å²) in [5, 5.41) is 0.941. The van der Waals surface area contributed by atoms with Crippen LogP contribution >= 0.6 is 11.8 Å². The number of thioether (sulfide) groups is 1. The molecular formula is C30H34N2O4S. The maximum absolute atomic E-state index is 6.61. The molecule has 1 fully saturated rings. The smallest absolute Gasteiger partial charge is 0.161 e. The Hall–Kier alpha value is -2.68. The molecule has 0 amide bonds. The summed E-state index contributed by atoms with van der Waals surface area (Å²) in [7, 11) is 4.01. The zero-order chi connectivity index (χ0) is 25.5. The first kappa shape index (κ1) is 25.9. The minimum atomic E-state index is -0.341. The molecule has 0 unspecified atom stereocenters. The highest BCUT2D eigenvalue weighted by molar-refractivity contribution is 8.14. The second kappa shape index (κ2) is 12.7. The normalized spacial score (nSPS) is 24.9. The largest absolute Gasteiger partial charge is 0.374 e. The predicted octanol–water partition coefficient (Wildman–Crippen LogP) is 5.13. The number of rotatable bonds is 10. The monoisotopic (exact) mass is 518 g/mol. The van der Waals surface area contributed by atoms with E-state index in [9.17, 15) is 0 Å². The van der Waals surface area contributed by atoms with Gasteiger partial charge in [-0.1, -0.05) is 103 Å². The number of benzene rings is 3. The molecule has 0 N–H and O–H groups in total. The van der Waals surface area contributed by atoms with E-state index in [1.807, 2.05) is 73.6 Å². The third-order valence-corrected chi connectivity index (χ3v) is 7.75. The van der Waals surface area contributed by atoms with E-state index in [0.717, 1.165) is 21.9 Å². The van der Waals surface area contributed by atoms with Crippen molar-refractivity contribution in [2.45, 2.75) is 49.6 Å². The average molecular weight is 519 g/mol. The third kappa shape index (κ3) is 6.80. The Morgan fingerprint density at radius 1 is 0.730 bits per heavy atom.